The lowest BCUT2D eigenvalue weighted by Gasteiger charge is -2.09. The quantitative estimate of drug-likeness (QED) is 0.447. The van der Waals surface area contributed by atoms with Gasteiger partial charge in [0.1, 0.15) is 0 Å². The molecule has 0 fully saturated rings. The highest BCUT2D eigenvalue weighted by Crippen LogP contribution is 2.21. The van der Waals surface area contributed by atoms with Gasteiger partial charge >= 0.3 is 0 Å². The fraction of sp³-hybridized carbons (Fsp3) is 0.176. The molecule has 10 nitrogen and oxygen atoms in total. The van der Waals surface area contributed by atoms with Crippen LogP contribution in [0.25, 0.3) is 0 Å². The molecule has 1 aromatic carbocycles. The summed E-state index contributed by atoms with van der Waals surface area (Å²) in [5, 5.41) is 3.75. The Hall–Kier alpha value is -2.61. The zero-order valence-corrected chi connectivity index (χ0v) is 19.1. The maximum Gasteiger partial charge on any atom is 0.275 e. The van der Waals surface area contributed by atoms with E-state index in [-0.39, 0.29) is 32.2 Å². The van der Waals surface area contributed by atoms with Crippen LogP contribution in [0, 0.1) is 0 Å². The zero-order chi connectivity index (χ0) is 22.6. The number of nitrogens with zero attached hydrogens (tertiary/aromatic N) is 3. The molecule has 14 heteroatoms. The Morgan fingerprint density at radius 2 is 1.84 bits per heavy atom. The van der Waals surface area contributed by atoms with Crippen LogP contribution in [-0.2, 0) is 19.9 Å². The van der Waals surface area contributed by atoms with Crippen LogP contribution in [0.5, 0.6) is 0 Å². The van der Waals surface area contributed by atoms with Crippen molar-refractivity contribution in [1.29, 1.82) is 0 Å². The van der Waals surface area contributed by atoms with E-state index in [0.29, 0.717) is 6.42 Å². The van der Waals surface area contributed by atoms with Crippen molar-refractivity contribution in [3.8, 4) is 0 Å². The van der Waals surface area contributed by atoms with Crippen molar-refractivity contribution in [2.75, 3.05) is 15.8 Å². The van der Waals surface area contributed by atoms with Gasteiger partial charge in [0, 0.05) is 17.3 Å². The first kappa shape index (κ1) is 23.1. The molecule has 0 aliphatic rings. The van der Waals surface area contributed by atoms with E-state index in [9.17, 15) is 21.6 Å². The maximum absolute atomic E-state index is 12.5. The van der Waals surface area contributed by atoms with Gasteiger partial charge in [-0.25, -0.2) is 31.8 Å². The van der Waals surface area contributed by atoms with E-state index in [1.807, 2.05) is 0 Å². The monoisotopic (exact) mass is 501 g/mol. The summed E-state index contributed by atoms with van der Waals surface area (Å²) < 4.78 is 51.4. The van der Waals surface area contributed by atoms with Gasteiger partial charge in [-0.3, -0.25) is 9.52 Å². The van der Waals surface area contributed by atoms with Gasteiger partial charge in [0.2, 0.25) is 15.0 Å². The molecule has 3 rings (SSSR count). The van der Waals surface area contributed by atoms with Gasteiger partial charge in [0.15, 0.2) is 10.8 Å². The van der Waals surface area contributed by atoms with Crippen molar-refractivity contribution in [2.45, 2.75) is 23.4 Å². The van der Waals surface area contributed by atoms with Crippen LogP contribution in [0.3, 0.4) is 0 Å². The van der Waals surface area contributed by atoms with E-state index in [1.54, 1.807) is 12.3 Å². The highest BCUT2D eigenvalue weighted by molar-refractivity contribution is 7.93. The molecule has 1 amide bonds. The van der Waals surface area contributed by atoms with Crippen LogP contribution in [0.15, 0.2) is 52.1 Å². The highest BCUT2D eigenvalue weighted by Gasteiger charge is 2.22. The molecule has 164 valence electrons. The normalized spacial score (nSPS) is 11.8. The Labute approximate surface area is 187 Å². The Balaban J connectivity index is 1.78. The number of halogens is 1. The van der Waals surface area contributed by atoms with Gasteiger partial charge in [0.05, 0.1) is 21.9 Å². The van der Waals surface area contributed by atoms with Crippen molar-refractivity contribution in [1.82, 2.24) is 15.0 Å². The number of hydrogen-bond acceptors (Lipinski definition) is 9. The third-order valence-corrected chi connectivity index (χ3v) is 7.91. The molecule has 0 radical (unpaired) electrons. The fourth-order valence-corrected chi connectivity index (χ4v) is 5.50. The number of hydrogen-bond donors (Lipinski definition) is 2. The number of rotatable bonds is 8. The first-order chi connectivity index (χ1) is 14.6. The van der Waals surface area contributed by atoms with Crippen LogP contribution in [0.4, 0.5) is 10.8 Å². The molecule has 0 atom stereocenters. The lowest BCUT2D eigenvalue weighted by atomic mass is 10.3. The number of aromatic nitrogens is 3. The number of thiazole rings is 1. The van der Waals surface area contributed by atoms with Crippen LogP contribution in [-0.4, -0.2) is 43.4 Å². The minimum Gasteiger partial charge on any atom is -0.321 e. The highest BCUT2D eigenvalue weighted by atomic mass is 35.5. The molecule has 0 unspecified atom stereocenters. The van der Waals surface area contributed by atoms with Gasteiger partial charge in [-0.15, -0.1) is 11.3 Å². The van der Waals surface area contributed by atoms with Crippen LogP contribution in [0.1, 0.15) is 23.8 Å². The van der Waals surface area contributed by atoms with Crippen molar-refractivity contribution in [3.05, 3.63) is 52.8 Å². The first-order valence-corrected chi connectivity index (χ1v) is 13.1. The molecule has 2 N–H and O–H groups in total. The molecule has 31 heavy (non-hydrogen) atoms. The molecule has 3 aromatic rings. The van der Waals surface area contributed by atoms with Gasteiger partial charge in [-0.05, 0) is 30.7 Å². The number of nitrogens with one attached hydrogen (secondary N) is 2. The summed E-state index contributed by atoms with van der Waals surface area (Å²) in [6.07, 6.45) is 2.88. The van der Waals surface area contributed by atoms with Crippen molar-refractivity contribution in [3.63, 3.8) is 0 Å². The van der Waals surface area contributed by atoms with E-state index in [2.05, 4.69) is 25.0 Å². The van der Waals surface area contributed by atoms with E-state index in [1.165, 1.54) is 30.5 Å². The van der Waals surface area contributed by atoms with E-state index in [0.717, 1.165) is 17.5 Å². The second-order valence-electron chi connectivity index (χ2n) is 6.09. The molecule has 0 saturated heterocycles. The van der Waals surface area contributed by atoms with Crippen LogP contribution >= 0.6 is 22.9 Å². The minimum absolute atomic E-state index is 0.0336. The van der Waals surface area contributed by atoms with Crippen molar-refractivity contribution in [2.24, 2.45) is 0 Å². The number of benzene rings is 1. The van der Waals surface area contributed by atoms with Crippen molar-refractivity contribution < 1.29 is 21.6 Å². The minimum atomic E-state index is -3.84. The summed E-state index contributed by atoms with van der Waals surface area (Å²) >= 11 is 7.10. The number of sulfonamides is 1. The number of sulfone groups is 1. The molecule has 0 aliphatic heterocycles. The van der Waals surface area contributed by atoms with Gasteiger partial charge in [-0.2, -0.15) is 0 Å². The lowest BCUT2D eigenvalue weighted by Crippen LogP contribution is -2.18. The van der Waals surface area contributed by atoms with E-state index < -0.39 is 30.9 Å². The topological polar surface area (TPSA) is 148 Å². The second kappa shape index (κ2) is 9.26. The second-order valence-corrected chi connectivity index (χ2v) is 11.1. The zero-order valence-electron chi connectivity index (χ0n) is 15.9. The molecule has 2 aromatic heterocycles. The maximum atomic E-state index is 12.5. The van der Waals surface area contributed by atoms with Crippen LogP contribution in [0.2, 0.25) is 5.02 Å². The molecule has 0 aliphatic carbocycles. The molecular weight excluding hydrogens is 486 g/mol. The van der Waals surface area contributed by atoms with Gasteiger partial charge in [0.25, 0.3) is 15.9 Å². The van der Waals surface area contributed by atoms with Gasteiger partial charge < -0.3 is 5.32 Å². The van der Waals surface area contributed by atoms with E-state index >= 15 is 0 Å². The third-order valence-electron chi connectivity index (χ3n) is 3.76. The largest absolute Gasteiger partial charge is 0.321 e. The average Bonchev–Trinajstić information content (AvgIpc) is 3.20. The average molecular weight is 502 g/mol. The fourth-order valence-electron chi connectivity index (χ4n) is 2.38. The SMILES string of the molecule is CCCS(=O)(=O)c1ncc(Cl)c(C(=O)Nc2ccc(S(=O)(=O)Nc3nccs3)cc2)n1. The summed E-state index contributed by atoms with van der Waals surface area (Å²) in [4.78, 5) is 23.9. The lowest BCUT2D eigenvalue weighted by molar-refractivity contribution is 0.102. The van der Waals surface area contributed by atoms with E-state index in [4.69, 9.17) is 11.6 Å². The third kappa shape index (κ3) is 5.55. The summed E-state index contributed by atoms with van der Waals surface area (Å²) in [6, 6.07) is 5.34. The molecular formula is C17H16ClN5O5S3. The Morgan fingerprint density at radius 1 is 1.13 bits per heavy atom. The summed E-state index contributed by atoms with van der Waals surface area (Å²) in [7, 11) is -7.58. The summed E-state index contributed by atoms with van der Waals surface area (Å²) in [5.41, 5.74) is -0.0562. The van der Waals surface area contributed by atoms with Crippen molar-refractivity contribution >= 4 is 59.5 Å². The first-order valence-electron chi connectivity index (χ1n) is 8.71. The summed E-state index contributed by atoms with van der Waals surface area (Å²) in [5.74, 6) is -0.933. The standard InChI is InChI=1S/C17H16ClN5O5S3/c1-2-9-30(25,26)17-20-10-13(18)14(22-17)15(24)21-11-3-5-12(6-4-11)31(27,28)23-16-19-7-8-29-16/h3-8,10H,2,9H2,1H3,(H,19,23)(H,21,24). The number of carbonyl (C=O) groups is 1. The molecule has 0 spiro atoms. The Kier molecular flexibility index (Phi) is 6.89. The van der Waals surface area contributed by atoms with Gasteiger partial charge in [-0.1, -0.05) is 18.5 Å². The molecule has 0 saturated carbocycles. The number of carbonyl (C=O) groups excluding carboxylic acids is 1. The summed E-state index contributed by atoms with van der Waals surface area (Å²) in [6.45, 7) is 1.69. The predicted molar refractivity (Wildman–Crippen MR) is 117 cm³/mol. The molecule has 2 heterocycles. The van der Waals surface area contributed by atoms with Crippen LogP contribution < -0.4 is 10.0 Å². The number of anilines is 2. The Morgan fingerprint density at radius 3 is 2.45 bits per heavy atom. The predicted octanol–water partition coefficient (Wildman–Crippen LogP) is 2.82. The number of amides is 1. The Bertz CT molecular complexity index is 1290. The molecule has 0 bridgehead atoms. The smallest absolute Gasteiger partial charge is 0.275 e.